The quantitative estimate of drug-likeness (QED) is 0.905. The van der Waals surface area contributed by atoms with E-state index >= 15 is 0 Å². The summed E-state index contributed by atoms with van der Waals surface area (Å²) in [4.78, 5) is 8.46. The molecule has 1 aliphatic rings. The Hall–Kier alpha value is -2.15. The maximum absolute atomic E-state index is 12.6. The Balaban J connectivity index is 1.66. The highest BCUT2D eigenvalue weighted by atomic mass is 32.2. The Morgan fingerprint density at radius 1 is 1.22 bits per heavy atom. The molecule has 1 N–H and O–H groups in total. The fraction of sp³-hybridized carbons (Fsp3) is 0.375. The molecule has 1 aromatic heterocycles. The lowest BCUT2D eigenvalue weighted by molar-refractivity contribution is 0.592. The van der Waals surface area contributed by atoms with Crippen molar-refractivity contribution in [1.82, 2.24) is 9.97 Å². The van der Waals surface area contributed by atoms with E-state index in [1.54, 1.807) is 0 Å². The van der Waals surface area contributed by atoms with Gasteiger partial charge in [-0.1, -0.05) is 18.2 Å². The van der Waals surface area contributed by atoms with Gasteiger partial charge in [-0.15, -0.1) is 0 Å². The van der Waals surface area contributed by atoms with Crippen LogP contribution in [0.2, 0.25) is 0 Å². The van der Waals surface area contributed by atoms with Crippen LogP contribution in [-0.4, -0.2) is 37.2 Å². The van der Waals surface area contributed by atoms with Gasteiger partial charge in [0.25, 0.3) is 0 Å². The minimum atomic E-state index is -3.34. The van der Waals surface area contributed by atoms with Gasteiger partial charge in [-0.25, -0.2) is 18.4 Å². The lowest BCUT2D eigenvalue weighted by atomic mass is 10.2. The number of rotatable bonds is 5. The first-order chi connectivity index (χ1) is 11.0. The largest absolute Gasteiger partial charge is 0.369 e. The van der Waals surface area contributed by atoms with Gasteiger partial charge in [0.2, 0.25) is 10.0 Å². The van der Waals surface area contributed by atoms with Crippen LogP contribution in [0.1, 0.15) is 17.1 Å². The molecule has 1 aliphatic heterocycles. The van der Waals surface area contributed by atoms with E-state index in [1.165, 1.54) is 4.31 Å². The van der Waals surface area contributed by atoms with E-state index in [4.69, 9.17) is 0 Å². The summed E-state index contributed by atoms with van der Waals surface area (Å²) in [5.41, 5.74) is 2.75. The average molecular weight is 332 g/mol. The molecule has 0 radical (unpaired) electrons. The third-order valence-corrected chi connectivity index (χ3v) is 5.58. The van der Waals surface area contributed by atoms with Crippen molar-refractivity contribution < 1.29 is 8.42 Å². The minimum absolute atomic E-state index is 0.0312. The van der Waals surface area contributed by atoms with E-state index in [2.05, 4.69) is 15.3 Å². The van der Waals surface area contributed by atoms with Crippen molar-refractivity contribution in [3.63, 3.8) is 0 Å². The SMILES string of the molecule is Cc1cc(NCCS(=O)(=O)N2CCc3ccccc32)nc(C)n1. The van der Waals surface area contributed by atoms with Gasteiger partial charge in [-0.3, -0.25) is 4.31 Å². The monoisotopic (exact) mass is 332 g/mol. The summed E-state index contributed by atoms with van der Waals surface area (Å²) in [6, 6.07) is 9.47. The fourth-order valence-electron chi connectivity index (χ4n) is 2.82. The van der Waals surface area contributed by atoms with Gasteiger partial charge in [-0.05, 0) is 31.9 Å². The van der Waals surface area contributed by atoms with E-state index in [0.29, 0.717) is 24.7 Å². The van der Waals surface area contributed by atoms with Crippen LogP contribution >= 0.6 is 0 Å². The third kappa shape index (κ3) is 3.44. The molecule has 6 nitrogen and oxygen atoms in total. The van der Waals surface area contributed by atoms with E-state index < -0.39 is 10.0 Å². The van der Waals surface area contributed by atoms with Crippen LogP contribution in [0.25, 0.3) is 0 Å². The zero-order valence-electron chi connectivity index (χ0n) is 13.3. The lowest BCUT2D eigenvalue weighted by Crippen LogP contribution is -2.33. The maximum Gasteiger partial charge on any atom is 0.236 e. The molecule has 0 amide bonds. The highest BCUT2D eigenvalue weighted by molar-refractivity contribution is 7.92. The van der Waals surface area contributed by atoms with Crippen LogP contribution in [0.5, 0.6) is 0 Å². The maximum atomic E-state index is 12.6. The van der Waals surface area contributed by atoms with Gasteiger partial charge in [0, 0.05) is 24.8 Å². The number of benzene rings is 1. The molecule has 0 bridgehead atoms. The predicted octanol–water partition coefficient (Wildman–Crippen LogP) is 1.90. The lowest BCUT2D eigenvalue weighted by Gasteiger charge is -2.19. The zero-order chi connectivity index (χ0) is 16.4. The molecular weight excluding hydrogens is 312 g/mol. The molecule has 2 heterocycles. The number of nitrogens with zero attached hydrogens (tertiary/aromatic N) is 3. The molecule has 0 aliphatic carbocycles. The van der Waals surface area contributed by atoms with Crippen LogP contribution in [0, 0.1) is 13.8 Å². The van der Waals surface area contributed by atoms with E-state index in [-0.39, 0.29) is 5.75 Å². The number of para-hydroxylation sites is 1. The van der Waals surface area contributed by atoms with Crippen LogP contribution in [0.15, 0.2) is 30.3 Å². The second kappa shape index (κ2) is 6.16. The molecule has 7 heteroatoms. The van der Waals surface area contributed by atoms with Crippen LogP contribution in [0.4, 0.5) is 11.5 Å². The molecule has 23 heavy (non-hydrogen) atoms. The summed E-state index contributed by atoms with van der Waals surface area (Å²) in [6.45, 7) is 4.54. The van der Waals surface area contributed by atoms with Crippen molar-refractivity contribution in [2.24, 2.45) is 0 Å². The summed E-state index contributed by atoms with van der Waals surface area (Å²) in [7, 11) is -3.34. The van der Waals surface area contributed by atoms with Gasteiger partial charge in [0.1, 0.15) is 11.6 Å². The van der Waals surface area contributed by atoms with Crippen molar-refractivity contribution in [3.8, 4) is 0 Å². The normalized spacial score (nSPS) is 13.9. The summed E-state index contributed by atoms with van der Waals surface area (Å²) >= 11 is 0. The Labute approximate surface area is 136 Å². The van der Waals surface area contributed by atoms with Gasteiger partial charge >= 0.3 is 0 Å². The predicted molar refractivity (Wildman–Crippen MR) is 91.3 cm³/mol. The van der Waals surface area contributed by atoms with Crippen molar-refractivity contribution in [2.45, 2.75) is 20.3 Å². The third-order valence-electron chi connectivity index (χ3n) is 3.81. The topological polar surface area (TPSA) is 75.2 Å². The molecule has 0 spiro atoms. The number of nitrogens with one attached hydrogen (secondary N) is 1. The number of sulfonamides is 1. The molecular formula is C16H20N4O2S. The second-order valence-electron chi connectivity index (χ2n) is 5.64. The summed E-state index contributed by atoms with van der Waals surface area (Å²) < 4.78 is 26.7. The molecule has 2 aromatic rings. The van der Waals surface area contributed by atoms with Crippen molar-refractivity contribution >= 4 is 21.5 Å². The first-order valence-corrected chi connectivity index (χ1v) is 9.21. The molecule has 0 fully saturated rings. The fourth-order valence-corrected chi connectivity index (χ4v) is 4.25. The minimum Gasteiger partial charge on any atom is -0.369 e. The van der Waals surface area contributed by atoms with Gasteiger partial charge < -0.3 is 5.32 Å². The first-order valence-electron chi connectivity index (χ1n) is 7.60. The summed E-state index contributed by atoms with van der Waals surface area (Å²) in [6.07, 6.45) is 0.771. The number of aromatic nitrogens is 2. The Bertz CT molecular complexity index is 800. The van der Waals surface area contributed by atoms with Crippen LogP contribution in [0.3, 0.4) is 0 Å². The Kier molecular flexibility index (Phi) is 4.21. The molecule has 0 saturated heterocycles. The zero-order valence-corrected chi connectivity index (χ0v) is 14.1. The molecule has 0 saturated carbocycles. The highest BCUT2D eigenvalue weighted by Crippen LogP contribution is 2.29. The Morgan fingerprint density at radius 2 is 2.00 bits per heavy atom. The Morgan fingerprint density at radius 3 is 2.78 bits per heavy atom. The van der Waals surface area contributed by atoms with E-state index in [0.717, 1.165) is 23.4 Å². The van der Waals surface area contributed by atoms with Gasteiger partial charge in [0.15, 0.2) is 0 Å². The number of hydrogen-bond acceptors (Lipinski definition) is 5. The standard InChI is InChI=1S/C16H20N4O2S/c1-12-11-16(19-13(2)18-12)17-8-10-23(21,22)20-9-7-14-5-3-4-6-15(14)20/h3-6,11H,7-10H2,1-2H3,(H,17,18,19). The van der Waals surface area contributed by atoms with E-state index in [9.17, 15) is 8.42 Å². The van der Waals surface area contributed by atoms with Gasteiger partial charge in [-0.2, -0.15) is 0 Å². The van der Waals surface area contributed by atoms with Crippen LogP contribution < -0.4 is 9.62 Å². The number of fused-ring (bicyclic) bond motifs is 1. The number of aryl methyl sites for hydroxylation is 2. The molecule has 0 unspecified atom stereocenters. The summed E-state index contributed by atoms with van der Waals surface area (Å²) in [5, 5.41) is 3.07. The van der Waals surface area contributed by atoms with Crippen molar-refractivity contribution in [3.05, 3.63) is 47.4 Å². The first kappa shape index (κ1) is 15.7. The van der Waals surface area contributed by atoms with E-state index in [1.807, 2.05) is 44.2 Å². The molecule has 122 valence electrons. The smallest absolute Gasteiger partial charge is 0.236 e. The number of anilines is 2. The van der Waals surface area contributed by atoms with Crippen molar-refractivity contribution in [2.75, 3.05) is 28.5 Å². The highest BCUT2D eigenvalue weighted by Gasteiger charge is 2.28. The summed E-state index contributed by atoms with van der Waals surface area (Å²) in [5.74, 6) is 1.36. The molecule has 3 rings (SSSR count). The van der Waals surface area contributed by atoms with Crippen molar-refractivity contribution in [1.29, 1.82) is 0 Å². The number of hydrogen-bond donors (Lipinski definition) is 1. The second-order valence-corrected chi connectivity index (χ2v) is 7.65. The van der Waals surface area contributed by atoms with Gasteiger partial charge in [0.05, 0.1) is 11.4 Å². The average Bonchev–Trinajstić information content (AvgIpc) is 2.90. The van der Waals surface area contributed by atoms with Crippen LogP contribution in [-0.2, 0) is 16.4 Å². The molecule has 0 atom stereocenters. The molecule has 1 aromatic carbocycles.